The second kappa shape index (κ2) is 7.09. The number of aromatic nitrogens is 2. The van der Waals surface area contributed by atoms with E-state index in [0.29, 0.717) is 11.5 Å². The first-order valence-electron chi connectivity index (χ1n) is 7.86. The molecular weight excluding hydrogens is 338 g/mol. The minimum atomic E-state index is -0.673. The monoisotopic (exact) mass is 355 g/mol. The zero-order valence-electron chi connectivity index (χ0n) is 14.2. The highest BCUT2D eigenvalue weighted by molar-refractivity contribution is 5.84. The van der Waals surface area contributed by atoms with Gasteiger partial charge in [-0.3, -0.25) is 10.1 Å². The van der Waals surface area contributed by atoms with Crippen molar-refractivity contribution < 1.29 is 14.8 Å². The van der Waals surface area contributed by atoms with E-state index in [-0.39, 0.29) is 12.4 Å². The van der Waals surface area contributed by atoms with Crippen LogP contribution in [-0.4, -0.2) is 32.4 Å². The molecule has 134 valence electrons. The number of imidazole rings is 1. The van der Waals surface area contributed by atoms with Gasteiger partial charge in [0.05, 0.1) is 28.8 Å². The molecule has 0 unspecified atom stereocenters. The number of fused-ring (bicyclic) bond motifs is 1. The van der Waals surface area contributed by atoms with Crippen molar-refractivity contribution in [3.05, 3.63) is 52.1 Å². The van der Waals surface area contributed by atoms with Gasteiger partial charge in [0, 0.05) is 18.7 Å². The maximum Gasteiger partial charge on any atom is 0.315 e. The number of anilines is 1. The number of phenolic OH excluding ortho intramolecular Hbond substituents is 1. The number of hydrogen-bond donors (Lipinski definition) is 2. The molecule has 0 bridgehead atoms. The second-order valence-corrected chi connectivity index (χ2v) is 5.43. The van der Waals surface area contributed by atoms with E-state index in [1.807, 2.05) is 35.9 Å². The average molecular weight is 355 g/mol. The highest BCUT2D eigenvalue weighted by Crippen LogP contribution is 2.36. The van der Waals surface area contributed by atoms with Crippen LogP contribution in [0.15, 0.2) is 41.5 Å². The molecule has 0 radical (unpaired) electrons. The number of ether oxygens (including phenoxy) is 1. The van der Waals surface area contributed by atoms with Crippen molar-refractivity contribution in [2.75, 3.05) is 12.0 Å². The van der Waals surface area contributed by atoms with Gasteiger partial charge in [0.15, 0.2) is 5.75 Å². The zero-order valence-corrected chi connectivity index (χ0v) is 14.2. The number of rotatable bonds is 6. The summed E-state index contributed by atoms with van der Waals surface area (Å²) in [7, 11) is 1.85. The van der Waals surface area contributed by atoms with Gasteiger partial charge < -0.3 is 14.4 Å². The lowest BCUT2D eigenvalue weighted by Crippen LogP contribution is -2.00. The summed E-state index contributed by atoms with van der Waals surface area (Å²) < 4.78 is 7.08. The Morgan fingerprint density at radius 2 is 2.19 bits per heavy atom. The Labute approximate surface area is 148 Å². The Morgan fingerprint density at radius 1 is 1.42 bits per heavy atom. The third kappa shape index (κ3) is 3.27. The summed E-state index contributed by atoms with van der Waals surface area (Å²) in [5, 5.41) is 25.1. The van der Waals surface area contributed by atoms with Gasteiger partial charge >= 0.3 is 5.69 Å². The number of hydrazone groups is 1. The van der Waals surface area contributed by atoms with Crippen LogP contribution in [0, 0.1) is 10.1 Å². The van der Waals surface area contributed by atoms with Crippen LogP contribution in [0.4, 0.5) is 11.6 Å². The number of hydrogen-bond acceptors (Lipinski definition) is 7. The predicted octanol–water partition coefficient (Wildman–Crippen LogP) is 3.03. The number of nitrogens with zero attached hydrogens (tertiary/aromatic N) is 4. The fourth-order valence-electron chi connectivity index (χ4n) is 2.50. The number of benzene rings is 2. The SMILES string of the molecule is CCOc1cc(/C=N\Nc2nc3ccccc3n2C)cc([N+](=O)[O-])c1O. The molecule has 9 heteroatoms. The molecule has 1 aromatic heterocycles. The van der Waals surface area contributed by atoms with Crippen molar-refractivity contribution in [3.8, 4) is 11.5 Å². The number of nitro groups is 1. The average Bonchev–Trinajstić information content (AvgIpc) is 2.94. The topological polar surface area (TPSA) is 115 Å². The number of phenols is 1. The fraction of sp³-hybridized carbons (Fsp3) is 0.176. The molecular formula is C17H17N5O4. The van der Waals surface area contributed by atoms with Gasteiger partial charge in [0.2, 0.25) is 11.7 Å². The molecule has 9 nitrogen and oxygen atoms in total. The quantitative estimate of drug-likeness (QED) is 0.399. The molecule has 0 spiro atoms. The summed E-state index contributed by atoms with van der Waals surface area (Å²) in [6, 6.07) is 10.3. The molecule has 0 saturated heterocycles. The highest BCUT2D eigenvalue weighted by atomic mass is 16.6. The van der Waals surface area contributed by atoms with Gasteiger partial charge in [-0.1, -0.05) is 12.1 Å². The van der Waals surface area contributed by atoms with Crippen LogP contribution in [0.25, 0.3) is 11.0 Å². The lowest BCUT2D eigenvalue weighted by Gasteiger charge is -2.07. The molecule has 3 rings (SSSR count). The van der Waals surface area contributed by atoms with Crippen molar-refractivity contribution in [1.82, 2.24) is 9.55 Å². The molecule has 2 aromatic carbocycles. The van der Waals surface area contributed by atoms with Crippen LogP contribution in [0.5, 0.6) is 11.5 Å². The summed E-state index contributed by atoms with van der Waals surface area (Å²) in [5.41, 5.74) is 4.55. The van der Waals surface area contributed by atoms with Gasteiger partial charge in [-0.05, 0) is 25.1 Å². The Kier molecular flexibility index (Phi) is 4.70. The maximum absolute atomic E-state index is 11.1. The van der Waals surface area contributed by atoms with Gasteiger partial charge in [0.1, 0.15) is 0 Å². The molecule has 1 heterocycles. The normalized spacial score (nSPS) is 11.2. The Balaban J connectivity index is 1.87. The van der Waals surface area contributed by atoms with Crippen molar-refractivity contribution in [2.24, 2.45) is 12.1 Å². The van der Waals surface area contributed by atoms with Gasteiger partial charge in [-0.25, -0.2) is 10.4 Å². The van der Waals surface area contributed by atoms with E-state index in [1.54, 1.807) is 6.92 Å². The third-order valence-electron chi connectivity index (χ3n) is 3.74. The number of aryl methyl sites for hydroxylation is 1. The largest absolute Gasteiger partial charge is 0.500 e. The van der Waals surface area contributed by atoms with Crippen LogP contribution in [0.2, 0.25) is 0 Å². The first-order chi connectivity index (χ1) is 12.5. The third-order valence-corrected chi connectivity index (χ3v) is 3.74. The lowest BCUT2D eigenvalue weighted by atomic mass is 10.2. The van der Waals surface area contributed by atoms with Crippen molar-refractivity contribution in [2.45, 2.75) is 6.92 Å². The summed E-state index contributed by atoms with van der Waals surface area (Å²) in [4.78, 5) is 14.8. The smallest absolute Gasteiger partial charge is 0.315 e. The molecule has 26 heavy (non-hydrogen) atoms. The summed E-state index contributed by atoms with van der Waals surface area (Å²) in [6.45, 7) is 1.99. The predicted molar refractivity (Wildman–Crippen MR) is 97.9 cm³/mol. The number of nitro benzene ring substituents is 1. The summed E-state index contributed by atoms with van der Waals surface area (Å²) in [6.07, 6.45) is 1.40. The van der Waals surface area contributed by atoms with Crippen LogP contribution < -0.4 is 10.2 Å². The molecule has 0 atom stereocenters. The number of aromatic hydroxyl groups is 1. The molecule has 0 aliphatic carbocycles. The van der Waals surface area contributed by atoms with E-state index < -0.39 is 16.4 Å². The Morgan fingerprint density at radius 3 is 2.88 bits per heavy atom. The minimum Gasteiger partial charge on any atom is -0.500 e. The maximum atomic E-state index is 11.1. The van der Waals surface area contributed by atoms with E-state index in [1.165, 1.54) is 18.3 Å². The van der Waals surface area contributed by atoms with Crippen molar-refractivity contribution in [1.29, 1.82) is 0 Å². The van der Waals surface area contributed by atoms with E-state index in [9.17, 15) is 15.2 Å². The van der Waals surface area contributed by atoms with E-state index >= 15 is 0 Å². The molecule has 3 aromatic rings. The van der Waals surface area contributed by atoms with Crippen molar-refractivity contribution in [3.63, 3.8) is 0 Å². The first-order valence-corrected chi connectivity index (χ1v) is 7.86. The highest BCUT2D eigenvalue weighted by Gasteiger charge is 2.19. The second-order valence-electron chi connectivity index (χ2n) is 5.43. The molecule has 0 amide bonds. The van der Waals surface area contributed by atoms with Crippen LogP contribution in [-0.2, 0) is 7.05 Å². The van der Waals surface area contributed by atoms with E-state index in [0.717, 1.165) is 11.0 Å². The molecule has 0 aliphatic heterocycles. The number of nitrogens with one attached hydrogen (secondary N) is 1. The standard InChI is InChI=1S/C17H17N5O4/c1-3-26-15-9-11(8-14(16(15)23)22(24)25)10-18-20-17-19-12-6-4-5-7-13(12)21(17)2/h4-10,23H,3H2,1-2H3,(H,19,20)/b18-10-. The summed E-state index contributed by atoms with van der Waals surface area (Å²) >= 11 is 0. The van der Waals surface area contributed by atoms with E-state index in [2.05, 4.69) is 15.5 Å². The minimum absolute atomic E-state index is 0.0332. The van der Waals surface area contributed by atoms with E-state index in [4.69, 9.17) is 4.74 Å². The first kappa shape index (κ1) is 17.2. The van der Waals surface area contributed by atoms with Gasteiger partial charge in [0.25, 0.3) is 0 Å². The molecule has 0 saturated carbocycles. The van der Waals surface area contributed by atoms with Crippen LogP contribution >= 0.6 is 0 Å². The Hall–Kier alpha value is -3.62. The molecule has 0 aliphatic rings. The van der Waals surface area contributed by atoms with Gasteiger partial charge in [-0.2, -0.15) is 5.10 Å². The fourth-order valence-corrected chi connectivity index (χ4v) is 2.50. The summed E-state index contributed by atoms with van der Waals surface area (Å²) in [5.74, 6) is 0.0592. The van der Waals surface area contributed by atoms with Crippen LogP contribution in [0.1, 0.15) is 12.5 Å². The van der Waals surface area contributed by atoms with Gasteiger partial charge in [-0.15, -0.1) is 0 Å². The lowest BCUT2D eigenvalue weighted by molar-refractivity contribution is -0.386. The number of para-hydroxylation sites is 2. The Bertz CT molecular complexity index is 996. The zero-order chi connectivity index (χ0) is 18.7. The molecule has 2 N–H and O–H groups in total. The van der Waals surface area contributed by atoms with Crippen molar-refractivity contribution >= 4 is 28.9 Å². The molecule has 0 fully saturated rings. The van der Waals surface area contributed by atoms with Crippen LogP contribution in [0.3, 0.4) is 0 Å².